The highest BCUT2D eigenvalue weighted by Gasteiger charge is 2.12. The summed E-state index contributed by atoms with van der Waals surface area (Å²) in [5.74, 6) is 0.328. The van der Waals surface area contributed by atoms with Crippen LogP contribution in [-0.2, 0) is 14.3 Å². The van der Waals surface area contributed by atoms with Crippen LogP contribution in [0, 0.1) is 0 Å². The number of benzene rings is 1. The summed E-state index contributed by atoms with van der Waals surface area (Å²) in [6.07, 6.45) is 5.38. The first-order chi connectivity index (χ1) is 11.1. The number of unbranched alkanes of at least 4 members (excludes halogenated alkanes) is 1. The van der Waals surface area contributed by atoms with Gasteiger partial charge in [0.2, 0.25) is 5.91 Å². The topological polar surface area (TPSA) is 55.8 Å². The third kappa shape index (κ3) is 7.00. The second-order valence-electron chi connectivity index (χ2n) is 5.11. The zero-order chi connectivity index (χ0) is 17.1. The minimum Gasteiger partial charge on any atom is -0.497 e. The predicted molar refractivity (Wildman–Crippen MR) is 90.1 cm³/mol. The fourth-order valence-corrected chi connectivity index (χ4v) is 2.03. The molecule has 1 amide bonds. The quantitative estimate of drug-likeness (QED) is 0.519. The van der Waals surface area contributed by atoms with Crippen molar-refractivity contribution in [3.05, 3.63) is 35.9 Å². The number of methoxy groups -OCH3 is 2. The number of ether oxygens (including phenoxy) is 2. The molecule has 126 valence electrons. The summed E-state index contributed by atoms with van der Waals surface area (Å²) >= 11 is 0. The maximum absolute atomic E-state index is 12.3. The molecule has 0 heterocycles. The first-order valence-corrected chi connectivity index (χ1v) is 7.78. The molecule has 5 nitrogen and oxygen atoms in total. The van der Waals surface area contributed by atoms with E-state index in [1.807, 2.05) is 24.3 Å². The van der Waals surface area contributed by atoms with Gasteiger partial charge in [-0.2, -0.15) is 0 Å². The van der Waals surface area contributed by atoms with E-state index < -0.39 is 0 Å². The van der Waals surface area contributed by atoms with Gasteiger partial charge in [-0.1, -0.05) is 25.5 Å². The fraction of sp³-hybridized carbons (Fsp3) is 0.444. The summed E-state index contributed by atoms with van der Waals surface area (Å²) in [4.78, 5) is 25.3. The van der Waals surface area contributed by atoms with Crippen molar-refractivity contribution in [3.8, 4) is 5.75 Å². The van der Waals surface area contributed by atoms with Gasteiger partial charge in [0.05, 0.1) is 20.6 Å². The summed E-state index contributed by atoms with van der Waals surface area (Å²) in [7, 11) is 2.95. The molecule has 0 spiro atoms. The highest BCUT2D eigenvalue weighted by molar-refractivity contribution is 5.92. The van der Waals surface area contributed by atoms with Crippen LogP contribution in [0.15, 0.2) is 30.3 Å². The van der Waals surface area contributed by atoms with E-state index in [2.05, 4.69) is 11.7 Å². The van der Waals surface area contributed by atoms with Crippen molar-refractivity contribution in [1.29, 1.82) is 0 Å². The van der Waals surface area contributed by atoms with Crippen LogP contribution < -0.4 is 4.74 Å². The fourth-order valence-electron chi connectivity index (χ4n) is 2.03. The number of carbonyl (C=O) groups is 2. The van der Waals surface area contributed by atoms with Gasteiger partial charge in [0.25, 0.3) is 0 Å². The minimum atomic E-state index is -0.309. The third-order valence-corrected chi connectivity index (χ3v) is 3.42. The zero-order valence-corrected chi connectivity index (χ0v) is 14.1. The zero-order valence-electron chi connectivity index (χ0n) is 14.1. The van der Waals surface area contributed by atoms with Crippen molar-refractivity contribution in [2.45, 2.75) is 26.2 Å². The van der Waals surface area contributed by atoms with Crippen LogP contribution in [0.1, 0.15) is 31.7 Å². The van der Waals surface area contributed by atoms with Crippen LogP contribution in [0.2, 0.25) is 0 Å². The SMILES string of the molecule is CCCCN(CCC(=O)OC)C(=O)/C=C/c1cccc(OC)c1. The first-order valence-electron chi connectivity index (χ1n) is 7.78. The maximum atomic E-state index is 12.3. The Morgan fingerprint density at radius 1 is 1.22 bits per heavy atom. The van der Waals surface area contributed by atoms with E-state index in [0.29, 0.717) is 13.1 Å². The van der Waals surface area contributed by atoms with Gasteiger partial charge in [-0.15, -0.1) is 0 Å². The van der Waals surface area contributed by atoms with Crippen LogP contribution in [0.25, 0.3) is 6.08 Å². The lowest BCUT2D eigenvalue weighted by Crippen LogP contribution is -2.32. The molecule has 0 N–H and O–H groups in total. The molecule has 0 atom stereocenters. The minimum absolute atomic E-state index is 0.106. The molecule has 0 unspecified atom stereocenters. The molecule has 0 radical (unpaired) electrons. The highest BCUT2D eigenvalue weighted by atomic mass is 16.5. The molecule has 0 saturated carbocycles. The molecule has 0 aliphatic rings. The van der Waals surface area contributed by atoms with Crippen LogP contribution in [0.4, 0.5) is 0 Å². The molecule has 1 aromatic rings. The van der Waals surface area contributed by atoms with Crippen LogP contribution >= 0.6 is 0 Å². The van der Waals surface area contributed by atoms with Gasteiger partial charge in [0.1, 0.15) is 5.75 Å². The molecule has 0 saturated heterocycles. The standard InChI is InChI=1S/C18H25NO4/c1-4-5-12-19(13-11-18(21)23-3)17(20)10-9-15-7-6-8-16(14-15)22-2/h6-10,14H,4-5,11-13H2,1-3H3/b10-9+. The molecule has 0 aromatic heterocycles. The number of amides is 1. The Labute approximate surface area is 137 Å². The molecular formula is C18H25NO4. The van der Waals surface area contributed by atoms with Crippen molar-refractivity contribution in [1.82, 2.24) is 4.90 Å². The lowest BCUT2D eigenvalue weighted by Gasteiger charge is -2.20. The van der Waals surface area contributed by atoms with E-state index >= 15 is 0 Å². The van der Waals surface area contributed by atoms with E-state index in [1.165, 1.54) is 13.2 Å². The summed E-state index contributed by atoms with van der Waals surface area (Å²) < 4.78 is 9.79. The van der Waals surface area contributed by atoms with E-state index in [4.69, 9.17) is 4.74 Å². The van der Waals surface area contributed by atoms with Crippen LogP contribution in [-0.4, -0.2) is 44.1 Å². The number of esters is 1. The number of hydrogen-bond donors (Lipinski definition) is 0. The van der Waals surface area contributed by atoms with Gasteiger partial charge in [0, 0.05) is 19.2 Å². The molecule has 0 bridgehead atoms. The molecule has 0 aliphatic heterocycles. The monoisotopic (exact) mass is 319 g/mol. The van der Waals surface area contributed by atoms with Crippen molar-refractivity contribution in [3.63, 3.8) is 0 Å². The number of hydrogen-bond acceptors (Lipinski definition) is 4. The number of nitrogens with zero attached hydrogens (tertiary/aromatic N) is 1. The summed E-state index contributed by atoms with van der Waals surface area (Å²) in [5.41, 5.74) is 0.890. The van der Waals surface area contributed by atoms with Crippen LogP contribution in [0.3, 0.4) is 0 Å². The van der Waals surface area contributed by atoms with Gasteiger partial charge in [0.15, 0.2) is 0 Å². The molecule has 0 fully saturated rings. The lowest BCUT2D eigenvalue weighted by molar-refractivity contribution is -0.141. The Hall–Kier alpha value is -2.30. The predicted octanol–water partition coefficient (Wildman–Crippen LogP) is 2.90. The first kappa shape index (κ1) is 18.7. The normalized spacial score (nSPS) is 10.6. The largest absolute Gasteiger partial charge is 0.497 e. The van der Waals surface area contributed by atoms with Crippen molar-refractivity contribution < 1.29 is 19.1 Å². The Balaban J connectivity index is 2.70. The smallest absolute Gasteiger partial charge is 0.307 e. The highest BCUT2D eigenvalue weighted by Crippen LogP contribution is 2.14. The lowest BCUT2D eigenvalue weighted by atomic mass is 10.2. The van der Waals surface area contributed by atoms with Gasteiger partial charge in [-0.3, -0.25) is 9.59 Å². The molecular weight excluding hydrogens is 294 g/mol. The molecule has 1 aromatic carbocycles. The van der Waals surface area contributed by atoms with E-state index in [1.54, 1.807) is 18.1 Å². The number of rotatable bonds is 9. The summed E-state index contributed by atoms with van der Waals surface area (Å²) in [6.45, 7) is 3.07. The average molecular weight is 319 g/mol. The van der Waals surface area contributed by atoms with Crippen LogP contribution in [0.5, 0.6) is 5.75 Å². The summed E-state index contributed by atoms with van der Waals surface area (Å²) in [5, 5.41) is 0. The number of carbonyl (C=O) groups excluding carboxylic acids is 2. The third-order valence-electron chi connectivity index (χ3n) is 3.42. The Bertz CT molecular complexity index is 540. The second kappa shape index (κ2) is 10.4. The van der Waals surface area contributed by atoms with E-state index in [-0.39, 0.29) is 18.3 Å². The van der Waals surface area contributed by atoms with E-state index in [0.717, 1.165) is 24.2 Å². The molecule has 0 aliphatic carbocycles. The Morgan fingerprint density at radius 2 is 2.00 bits per heavy atom. The van der Waals surface area contributed by atoms with Gasteiger partial charge in [-0.05, 0) is 30.2 Å². The summed E-state index contributed by atoms with van der Waals surface area (Å²) in [6, 6.07) is 7.48. The van der Waals surface area contributed by atoms with Gasteiger partial charge < -0.3 is 14.4 Å². The van der Waals surface area contributed by atoms with Gasteiger partial charge in [-0.25, -0.2) is 0 Å². The van der Waals surface area contributed by atoms with Gasteiger partial charge >= 0.3 is 5.97 Å². The molecule has 5 heteroatoms. The van der Waals surface area contributed by atoms with Crippen molar-refractivity contribution in [2.24, 2.45) is 0 Å². The van der Waals surface area contributed by atoms with Crippen molar-refractivity contribution >= 4 is 18.0 Å². The molecule has 23 heavy (non-hydrogen) atoms. The van der Waals surface area contributed by atoms with Crippen molar-refractivity contribution in [2.75, 3.05) is 27.3 Å². The van der Waals surface area contributed by atoms with E-state index in [9.17, 15) is 9.59 Å². The molecule has 1 rings (SSSR count). The second-order valence-corrected chi connectivity index (χ2v) is 5.11. The Kier molecular flexibility index (Phi) is 8.50. The maximum Gasteiger partial charge on any atom is 0.307 e. The Morgan fingerprint density at radius 3 is 2.65 bits per heavy atom. The average Bonchev–Trinajstić information content (AvgIpc) is 2.59.